The first-order valence-electron chi connectivity index (χ1n) is 10.7. The van der Waals surface area contributed by atoms with Gasteiger partial charge >= 0.3 is 13.3 Å². The average molecular weight is 490 g/mol. The molecule has 0 bridgehead atoms. The van der Waals surface area contributed by atoms with Gasteiger partial charge < -0.3 is 19.5 Å². The number of rotatable bonds is 7. The largest absolute Gasteiger partial charge is 0.573 e. The molecule has 1 aromatic heterocycles. The van der Waals surface area contributed by atoms with Gasteiger partial charge in [0.05, 0.1) is 11.1 Å². The number of hydrogen-bond acceptors (Lipinski definition) is 4. The molecule has 0 aliphatic rings. The van der Waals surface area contributed by atoms with E-state index in [1.54, 1.807) is 24.3 Å². The van der Waals surface area contributed by atoms with Gasteiger partial charge in [-0.3, -0.25) is 0 Å². The SMILES string of the molecule is CCOB(C)c1ccc(C(O)c2nc3c(F)c(-c4ccccc4OC(F)(F)F)c(F)cc3[nH]2)cc1. The van der Waals surface area contributed by atoms with Gasteiger partial charge in [-0.15, -0.1) is 13.2 Å². The highest BCUT2D eigenvalue weighted by Gasteiger charge is 2.33. The summed E-state index contributed by atoms with van der Waals surface area (Å²) in [6.45, 7) is 4.17. The van der Waals surface area contributed by atoms with Gasteiger partial charge in [0.2, 0.25) is 0 Å². The van der Waals surface area contributed by atoms with Gasteiger partial charge in [0, 0.05) is 18.2 Å². The topological polar surface area (TPSA) is 67.4 Å². The van der Waals surface area contributed by atoms with Crippen molar-refractivity contribution in [2.45, 2.75) is 26.2 Å². The summed E-state index contributed by atoms with van der Waals surface area (Å²) >= 11 is 0. The molecule has 11 heteroatoms. The molecule has 1 unspecified atom stereocenters. The van der Waals surface area contributed by atoms with E-state index in [4.69, 9.17) is 4.65 Å². The molecule has 2 N–H and O–H groups in total. The lowest BCUT2D eigenvalue weighted by molar-refractivity contribution is -0.274. The molecule has 0 aliphatic carbocycles. The summed E-state index contributed by atoms with van der Waals surface area (Å²) in [4.78, 5) is 6.76. The van der Waals surface area contributed by atoms with Crippen LogP contribution >= 0.6 is 0 Å². The van der Waals surface area contributed by atoms with Gasteiger partial charge in [-0.1, -0.05) is 49.3 Å². The number of aliphatic hydroxyl groups excluding tert-OH is 1. The molecule has 0 saturated heterocycles. The van der Waals surface area contributed by atoms with E-state index in [0.29, 0.717) is 12.2 Å². The van der Waals surface area contributed by atoms with Crippen LogP contribution in [0.3, 0.4) is 0 Å². The van der Waals surface area contributed by atoms with E-state index in [2.05, 4.69) is 14.7 Å². The van der Waals surface area contributed by atoms with E-state index in [0.717, 1.165) is 23.7 Å². The third-order valence-corrected chi connectivity index (χ3v) is 5.47. The molecular formula is C24H20BF5N2O3. The first-order valence-corrected chi connectivity index (χ1v) is 10.7. The van der Waals surface area contributed by atoms with Crippen molar-refractivity contribution in [2.75, 3.05) is 6.61 Å². The van der Waals surface area contributed by atoms with Crippen LogP contribution in [-0.4, -0.2) is 35.0 Å². The van der Waals surface area contributed by atoms with Crippen molar-refractivity contribution in [3.05, 3.63) is 77.6 Å². The smallest absolute Gasteiger partial charge is 0.431 e. The summed E-state index contributed by atoms with van der Waals surface area (Å²) in [5.74, 6) is -3.11. The maximum absolute atomic E-state index is 15.4. The Bertz CT molecular complexity index is 1340. The van der Waals surface area contributed by atoms with Crippen molar-refractivity contribution in [2.24, 2.45) is 0 Å². The number of ether oxygens (including phenoxy) is 1. The van der Waals surface area contributed by atoms with Crippen molar-refractivity contribution in [1.29, 1.82) is 0 Å². The van der Waals surface area contributed by atoms with Crippen LogP contribution in [0, 0.1) is 11.6 Å². The summed E-state index contributed by atoms with van der Waals surface area (Å²) in [5.41, 5.74) is -0.205. The van der Waals surface area contributed by atoms with Gasteiger partial charge in [0.1, 0.15) is 29.0 Å². The second-order valence-electron chi connectivity index (χ2n) is 7.78. The Morgan fingerprint density at radius 2 is 1.77 bits per heavy atom. The first-order chi connectivity index (χ1) is 16.6. The van der Waals surface area contributed by atoms with E-state index in [9.17, 15) is 22.7 Å². The lowest BCUT2D eigenvalue weighted by atomic mass is 9.63. The number of H-pyrrole nitrogens is 1. The summed E-state index contributed by atoms with van der Waals surface area (Å²) in [6, 6.07) is 12.4. The van der Waals surface area contributed by atoms with Crippen LogP contribution in [0.25, 0.3) is 22.2 Å². The molecule has 4 aromatic rings. The fraction of sp³-hybridized carbons (Fsp3) is 0.208. The third kappa shape index (κ3) is 5.15. The molecule has 3 aromatic carbocycles. The number of fused-ring (bicyclic) bond motifs is 1. The maximum atomic E-state index is 15.4. The number of aromatic amines is 1. The number of nitrogens with zero attached hydrogens (tertiary/aromatic N) is 1. The Hall–Kier alpha value is -3.44. The molecular weight excluding hydrogens is 470 g/mol. The molecule has 0 radical (unpaired) electrons. The molecule has 0 aliphatic heterocycles. The number of aliphatic hydroxyl groups is 1. The summed E-state index contributed by atoms with van der Waals surface area (Å²) < 4.78 is 78.1. The second-order valence-corrected chi connectivity index (χ2v) is 7.78. The van der Waals surface area contributed by atoms with Gasteiger partial charge in [-0.25, -0.2) is 13.8 Å². The zero-order valence-corrected chi connectivity index (χ0v) is 18.7. The monoisotopic (exact) mass is 490 g/mol. The molecule has 35 heavy (non-hydrogen) atoms. The van der Waals surface area contributed by atoms with E-state index in [-0.39, 0.29) is 23.8 Å². The van der Waals surface area contributed by atoms with Gasteiger partial charge in [0.25, 0.3) is 0 Å². The number of alkyl halides is 3. The standard InChI is InChI=1S/C24H20BF5N2O3/c1-3-34-25(2)14-10-8-13(9-11-14)22(33)23-31-17-12-16(26)19(20(27)21(17)32-23)15-6-4-5-7-18(15)35-24(28,29)30/h4-12,22,33H,3H2,1-2H3,(H,31,32). The Morgan fingerprint density at radius 1 is 1.09 bits per heavy atom. The van der Waals surface area contributed by atoms with Crippen molar-refractivity contribution in [3.63, 3.8) is 0 Å². The highest BCUT2D eigenvalue weighted by molar-refractivity contribution is 6.66. The van der Waals surface area contributed by atoms with Crippen LogP contribution in [0.2, 0.25) is 6.82 Å². The van der Waals surface area contributed by atoms with Crippen molar-refractivity contribution in [3.8, 4) is 16.9 Å². The summed E-state index contributed by atoms with van der Waals surface area (Å²) in [5, 5.41) is 10.8. The lowest BCUT2D eigenvalue weighted by Gasteiger charge is -2.14. The first kappa shape index (κ1) is 24.7. The van der Waals surface area contributed by atoms with Gasteiger partial charge in [-0.05, 0) is 24.0 Å². The number of para-hydroxylation sites is 1. The van der Waals surface area contributed by atoms with Crippen molar-refractivity contribution < 1.29 is 36.4 Å². The predicted molar refractivity (Wildman–Crippen MR) is 122 cm³/mol. The number of hydrogen-bond donors (Lipinski definition) is 2. The zero-order chi connectivity index (χ0) is 25.3. The highest BCUT2D eigenvalue weighted by atomic mass is 19.4. The van der Waals surface area contributed by atoms with E-state index in [1.807, 2.05) is 13.7 Å². The van der Waals surface area contributed by atoms with E-state index in [1.165, 1.54) is 12.1 Å². The van der Waals surface area contributed by atoms with Gasteiger partial charge in [-0.2, -0.15) is 0 Å². The van der Waals surface area contributed by atoms with Crippen LogP contribution in [0.4, 0.5) is 22.0 Å². The fourth-order valence-corrected chi connectivity index (χ4v) is 3.82. The van der Waals surface area contributed by atoms with E-state index >= 15 is 4.39 Å². The Kier molecular flexibility index (Phi) is 6.82. The second kappa shape index (κ2) is 9.67. The number of nitrogens with one attached hydrogen (secondary N) is 1. The van der Waals surface area contributed by atoms with Crippen LogP contribution < -0.4 is 10.2 Å². The minimum Gasteiger partial charge on any atom is -0.431 e. The van der Waals surface area contributed by atoms with Crippen LogP contribution in [0.1, 0.15) is 24.4 Å². The molecule has 0 spiro atoms. The predicted octanol–water partition coefficient (Wildman–Crippen LogP) is 5.35. The third-order valence-electron chi connectivity index (χ3n) is 5.47. The molecule has 1 heterocycles. The molecule has 5 nitrogen and oxygen atoms in total. The maximum Gasteiger partial charge on any atom is 0.573 e. The normalized spacial score (nSPS) is 12.7. The molecule has 182 valence electrons. The van der Waals surface area contributed by atoms with Gasteiger partial charge in [0.15, 0.2) is 5.82 Å². The minimum absolute atomic E-state index is 0.0547. The summed E-state index contributed by atoms with van der Waals surface area (Å²) in [7, 11) is 0. The van der Waals surface area contributed by atoms with Crippen LogP contribution in [0.15, 0.2) is 54.6 Å². The van der Waals surface area contributed by atoms with Crippen molar-refractivity contribution in [1.82, 2.24) is 9.97 Å². The number of aromatic nitrogens is 2. The Balaban J connectivity index is 1.72. The molecule has 0 saturated carbocycles. The minimum atomic E-state index is -5.05. The number of halogens is 5. The highest BCUT2D eigenvalue weighted by Crippen LogP contribution is 2.39. The lowest BCUT2D eigenvalue weighted by Crippen LogP contribution is -2.30. The molecule has 4 rings (SSSR count). The molecule has 0 amide bonds. The van der Waals surface area contributed by atoms with E-state index < -0.39 is 41.0 Å². The zero-order valence-electron chi connectivity index (χ0n) is 18.7. The summed E-state index contributed by atoms with van der Waals surface area (Å²) in [6.07, 6.45) is -6.34. The molecule has 0 fully saturated rings. The van der Waals surface area contributed by atoms with Crippen molar-refractivity contribution >= 4 is 23.4 Å². The Labute approximate surface area is 197 Å². The molecule has 1 atom stereocenters. The fourth-order valence-electron chi connectivity index (χ4n) is 3.82. The Morgan fingerprint density at radius 3 is 2.43 bits per heavy atom. The quantitative estimate of drug-likeness (QED) is 0.271. The average Bonchev–Trinajstić information content (AvgIpc) is 3.23. The van der Waals surface area contributed by atoms with Crippen LogP contribution in [-0.2, 0) is 4.65 Å². The number of benzene rings is 3. The van der Waals surface area contributed by atoms with Crippen LogP contribution in [0.5, 0.6) is 5.75 Å². The number of imidazole rings is 1.